The first kappa shape index (κ1) is 16.7. The molecule has 7 heteroatoms. The standard InChI is InChI=1S/C17H24N4O3/c1-12(2)24-14-5-4-13(8-15(14)23-3)9-20-6-7-21-16(10-20)18-19-17(21)11-22/h4-5,8,12,22H,6-7,9-11H2,1-3H3. The molecule has 0 atom stereocenters. The van der Waals surface area contributed by atoms with Crippen LogP contribution in [0, 0.1) is 0 Å². The van der Waals surface area contributed by atoms with Crippen LogP contribution in [0.3, 0.4) is 0 Å². The summed E-state index contributed by atoms with van der Waals surface area (Å²) < 4.78 is 13.2. The Bertz CT molecular complexity index is 699. The van der Waals surface area contributed by atoms with Gasteiger partial charge in [0, 0.05) is 19.6 Å². The molecule has 0 saturated carbocycles. The van der Waals surface area contributed by atoms with Crippen LogP contribution >= 0.6 is 0 Å². The summed E-state index contributed by atoms with van der Waals surface area (Å²) in [5, 5.41) is 17.5. The summed E-state index contributed by atoms with van der Waals surface area (Å²) >= 11 is 0. The van der Waals surface area contributed by atoms with Gasteiger partial charge in [0.2, 0.25) is 0 Å². The SMILES string of the molecule is COc1cc(CN2CCn3c(CO)nnc3C2)ccc1OC(C)C. The molecule has 0 aliphatic carbocycles. The fourth-order valence-corrected chi connectivity index (χ4v) is 2.94. The van der Waals surface area contributed by atoms with Crippen molar-refractivity contribution in [3.05, 3.63) is 35.4 Å². The molecule has 0 saturated heterocycles. The van der Waals surface area contributed by atoms with Gasteiger partial charge in [0.25, 0.3) is 0 Å². The monoisotopic (exact) mass is 332 g/mol. The van der Waals surface area contributed by atoms with Crippen LogP contribution < -0.4 is 9.47 Å². The van der Waals surface area contributed by atoms with Crippen LogP contribution in [0.4, 0.5) is 0 Å². The van der Waals surface area contributed by atoms with Crippen molar-refractivity contribution in [3.63, 3.8) is 0 Å². The van der Waals surface area contributed by atoms with E-state index in [1.54, 1.807) is 7.11 Å². The van der Waals surface area contributed by atoms with Crippen LogP contribution in [-0.2, 0) is 26.2 Å². The van der Waals surface area contributed by atoms with Gasteiger partial charge in [0.15, 0.2) is 17.3 Å². The van der Waals surface area contributed by atoms with Crippen molar-refractivity contribution in [3.8, 4) is 11.5 Å². The molecular formula is C17H24N4O3. The van der Waals surface area contributed by atoms with Crippen molar-refractivity contribution in [2.75, 3.05) is 13.7 Å². The molecule has 1 N–H and O–H groups in total. The first-order chi connectivity index (χ1) is 11.6. The smallest absolute Gasteiger partial charge is 0.161 e. The van der Waals surface area contributed by atoms with E-state index in [0.717, 1.165) is 43.5 Å². The fraction of sp³-hybridized carbons (Fsp3) is 0.529. The Labute approximate surface area is 141 Å². The van der Waals surface area contributed by atoms with Crippen LogP contribution in [0.5, 0.6) is 11.5 Å². The van der Waals surface area contributed by atoms with E-state index in [1.807, 2.05) is 30.5 Å². The van der Waals surface area contributed by atoms with E-state index in [4.69, 9.17) is 9.47 Å². The lowest BCUT2D eigenvalue weighted by molar-refractivity contribution is 0.198. The Kier molecular flexibility index (Phi) is 5.01. The molecule has 1 aromatic carbocycles. The van der Waals surface area contributed by atoms with Gasteiger partial charge in [-0.25, -0.2) is 0 Å². The van der Waals surface area contributed by atoms with E-state index < -0.39 is 0 Å². The maximum atomic E-state index is 9.27. The fourth-order valence-electron chi connectivity index (χ4n) is 2.94. The van der Waals surface area contributed by atoms with Gasteiger partial charge in [-0.3, -0.25) is 4.90 Å². The number of hydrogen-bond donors (Lipinski definition) is 1. The van der Waals surface area contributed by atoms with E-state index >= 15 is 0 Å². The Morgan fingerprint density at radius 3 is 2.75 bits per heavy atom. The molecule has 0 amide bonds. The number of aliphatic hydroxyl groups is 1. The average Bonchev–Trinajstić information content (AvgIpc) is 2.98. The summed E-state index contributed by atoms with van der Waals surface area (Å²) in [5.74, 6) is 3.06. The van der Waals surface area contributed by atoms with E-state index in [0.29, 0.717) is 5.82 Å². The molecule has 1 aliphatic heterocycles. The van der Waals surface area contributed by atoms with Crippen molar-refractivity contribution in [1.82, 2.24) is 19.7 Å². The number of aromatic nitrogens is 3. The second-order valence-electron chi connectivity index (χ2n) is 6.20. The Hall–Kier alpha value is -2.12. The van der Waals surface area contributed by atoms with Gasteiger partial charge in [-0.2, -0.15) is 0 Å². The molecule has 0 spiro atoms. The largest absolute Gasteiger partial charge is 0.493 e. The van der Waals surface area contributed by atoms with Gasteiger partial charge in [-0.05, 0) is 31.5 Å². The average molecular weight is 332 g/mol. The lowest BCUT2D eigenvalue weighted by atomic mass is 10.1. The molecular weight excluding hydrogens is 308 g/mol. The lowest BCUT2D eigenvalue weighted by Crippen LogP contribution is -2.34. The number of methoxy groups -OCH3 is 1. The first-order valence-corrected chi connectivity index (χ1v) is 8.18. The topological polar surface area (TPSA) is 72.6 Å². The first-order valence-electron chi connectivity index (χ1n) is 8.18. The predicted octanol–water partition coefficient (Wildman–Crippen LogP) is 1.58. The lowest BCUT2D eigenvalue weighted by Gasteiger charge is -2.27. The Morgan fingerprint density at radius 2 is 2.04 bits per heavy atom. The highest BCUT2D eigenvalue weighted by Crippen LogP contribution is 2.29. The van der Waals surface area contributed by atoms with Gasteiger partial charge in [0.1, 0.15) is 12.4 Å². The van der Waals surface area contributed by atoms with E-state index in [9.17, 15) is 5.11 Å². The maximum absolute atomic E-state index is 9.27. The minimum absolute atomic E-state index is 0.0679. The number of ether oxygens (including phenoxy) is 2. The molecule has 0 bridgehead atoms. The van der Waals surface area contributed by atoms with E-state index in [1.165, 1.54) is 5.56 Å². The molecule has 3 rings (SSSR count). The van der Waals surface area contributed by atoms with Crippen molar-refractivity contribution in [2.45, 2.75) is 46.2 Å². The number of nitrogens with zero attached hydrogens (tertiary/aromatic N) is 4. The zero-order valence-corrected chi connectivity index (χ0v) is 14.4. The molecule has 24 heavy (non-hydrogen) atoms. The number of hydrogen-bond acceptors (Lipinski definition) is 6. The van der Waals surface area contributed by atoms with Gasteiger partial charge in [0.05, 0.1) is 19.8 Å². The second kappa shape index (κ2) is 7.19. The normalized spacial score (nSPS) is 14.7. The number of aliphatic hydroxyl groups excluding tert-OH is 1. The number of rotatable bonds is 6. The van der Waals surface area contributed by atoms with Crippen LogP contribution in [-0.4, -0.2) is 44.5 Å². The predicted molar refractivity (Wildman–Crippen MR) is 88.8 cm³/mol. The summed E-state index contributed by atoms with van der Waals surface area (Å²) in [6.07, 6.45) is 0.110. The molecule has 0 unspecified atom stereocenters. The quantitative estimate of drug-likeness (QED) is 0.866. The van der Waals surface area contributed by atoms with Gasteiger partial charge >= 0.3 is 0 Å². The summed E-state index contributed by atoms with van der Waals surface area (Å²) in [6.45, 7) is 7.14. The summed E-state index contributed by atoms with van der Waals surface area (Å²) in [6, 6.07) is 6.05. The zero-order chi connectivity index (χ0) is 17.1. The highest BCUT2D eigenvalue weighted by atomic mass is 16.5. The zero-order valence-electron chi connectivity index (χ0n) is 14.4. The minimum atomic E-state index is -0.0679. The molecule has 1 aromatic heterocycles. The molecule has 0 fully saturated rings. The summed E-state index contributed by atoms with van der Waals surface area (Å²) in [4.78, 5) is 2.31. The third kappa shape index (κ3) is 3.52. The summed E-state index contributed by atoms with van der Waals surface area (Å²) in [5.41, 5.74) is 1.17. The van der Waals surface area contributed by atoms with Crippen LogP contribution in [0.2, 0.25) is 0 Å². The second-order valence-corrected chi connectivity index (χ2v) is 6.20. The van der Waals surface area contributed by atoms with Crippen LogP contribution in [0.15, 0.2) is 18.2 Å². The highest BCUT2D eigenvalue weighted by Gasteiger charge is 2.21. The van der Waals surface area contributed by atoms with Gasteiger partial charge < -0.3 is 19.1 Å². The third-order valence-electron chi connectivity index (χ3n) is 4.05. The number of benzene rings is 1. The van der Waals surface area contributed by atoms with Gasteiger partial charge in [-0.1, -0.05) is 6.07 Å². The van der Waals surface area contributed by atoms with Crippen molar-refractivity contribution < 1.29 is 14.6 Å². The van der Waals surface area contributed by atoms with Gasteiger partial charge in [-0.15, -0.1) is 10.2 Å². The highest BCUT2D eigenvalue weighted by molar-refractivity contribution is 5.43. The van der Waals surface area contributed by atoms with E-state index in [2.05, 4.69) is 21.2 Å². The molecule has 2 aromatic rings. The van der Waals surface area contributed by atoms with Crippen LogP contribution in [0.1, 0.15) is 31.1 Å². The maximum Gasteiger partial charge on any atom is 0.161 e. The molecule has 130 valence electrons. The minimum Gasteiger partial charge on any atom is -0.493 e. The van der Waals surface area contributed by atoms with E-state index in [-0.39, 0.29) is 12.7 Å². The Balaban J connectivity index is 1.70. The Morgan fingerprint density at radius 1 is 1.21 bits per heavy atom. The summed E-state index contributed by atoms with van der Waals surface area (Å²) in [7, 11) is 1.66. The van der Waals surface area contributed by atoms with Crippen LogP contribution in [0.25, 0.3) is 0 Å². The van der Waals surface area contributed by atoms with Crippen molar-refractivity contribution in [2.24, 2.45) is 0 Å². The number of fused-ring (bicyclic) bond motifs is 1. The molecule has 7 nitrogen and oxygen atoms in total. The van der Waals surface area contributed by atoms with Crippen molar-refractivity contribution >= 4 is 0 Å². The van der Waals surface area contributed by atoms with Crippen molar-refractivity contribution in [1.29, 1.82) is 0 Å². The third-order valence-corrected chi connectivity index (χ3v) is 4.05. The molecule has 2 heterocycles. The molecule has 1 aliphatic rings. The molecule has 0 radical (unpaired) electrons.